The van der Waals surface area contributed by atoms with Crippen molar-refractivity contribution in [3.05, 3.63) is 66.9 Å². The minimum Gasteiger partial charge on any atom is -0.405 e. The molecule has 0 N–H and O–H groups in total. The van der Waals surface area contributed by atoms with E-state index < -0.39 is 58.9 Å². The predicted octanol–water partition coefficient (Wildman–Crippen LogP) is 3.55. The highest BCUT2D eigenvalue weighted by Crippen LogP contribution is 2.36. The van der Waals surface area contributed by atoms with E-state index in [-0.39, 0.29) is 22.3 Å². The van der Waals surface area contributed by atoms with Gasteiger partial charge in [-0.25, -0.2) is 0 Å². The van der Waals surface area contributed by atoms with Crippen LogP contribution in [0.25, 0.3) is 21.8 Å². The molecule has 0 unspecified atom stereocenters. The van der Waals surface area contributed by atoms with Gasteiger partial charge in [-0.05, 0) is 17.7 Å². The average molecular weight is 448 g/mol. The van der Waals surface area contributed by atoms with E-state index in [1.807, 2.05) is 0 Å². The molecule has 2 aliphatic carbocycles. The number of allylic oxidation sites excluding steroid dienone is 3. The summed E-state index contributed by atoms with van der Waals surface area (Å²) >= 11 is 0. The number of nitrogens with zero attached hydrogens (tertiary/aromatic N) is 4. The van der Waals surface area contributed by atoms with Crippen molar-refractivity contribution < 1.29 is 35.8 Å². The van der Waals surface area contributed by atoms with Crippen molar-refractivity contribution in [3.8, 4) is 23.6 Å². The van der Waals surface area contributed by atoms with Gasteiger partial charge in [0.05, 0.1) is 5.57 Å². The van der Waals surface area contributed by atoms with Gasteiger partial charge in [-0.2, -0.15) is 20.2 Å². The minimum atomic E-state index is -5.23. The number of hydrogen-bond donors (Lipinski definition) is 0. The maximum atomic E-state index is 13.1. The fourth-order valence-corrected chi connectivity index (χ4v) is 3.44. The van der Waals surface area contributed by atoms with E-state index in [9.17, 15) is 26.3 Å². The van der Waals surface area contributed by atoms with Crippen LogP contribution in [-0.4, -0.2) is 12.7 Å². The predicted molar refractivity (Wildman–Crippen MR) is 93.9 cm³/mol. The summed E-state index contributed by atoms with van der Waals surface area (Å²) in [6.07, 6.45) is -9.49. The molecule has 0 radical (unpaired) electrons. The number of rotatable bonds is 2. The monoisotopic (exact) mass is 448 g/mol. The summed E-state index contributed by atoms with van der Waals surface area (Å²) in [5.41, 5.74) is -1.44. The number of ether oxygens (including phenoxy) is 2. The van der Waals surface area contributed by atoms with Crippen LogP contribution in [0.4, 0.5) is 26.3 Å². The Morgan fingerprint density at radius 3 is 1.59 bits per heavy atom. The average Bonchev–Trinajstić information content (AvgIpc) is 3.30. The lowest BCUT2D eigenvalue weighted by molar-refractivity contribution is -0.277. The van der Waals surface area contributed by atoms with Crippen LogP contribution in [0.15, 0.2) is 22.5 Å². The molecule has 0 saturated carbocycles. The fourth-order valence-electron chi connectivity index (χ4n) is 3.44. The number of hydrogen-bond acceptors (Lipinski definition) is 4. The Morgan fingerprint density at radius 1 is 0.812 bits per heavy atom. The van der Waals surface area contributed by atoms with E-state index in [0.29, 0.717) is 0 Å². The zero-order chi connectivity index (χ0) is 23.8. The summed E-state index contributed by atoms with van der Waals surface area (Å²) in [5, 5.41) is 17.2. The molecule has 0 amide bonds. The van der Waals surface area contributed by atoms with E-state index >= 15 is 0 Å². The lowest BCUT2D eigenvalue weighted by atomic mass is 10.0. The van der Waals surface area contributed by atoms with E-state index in [1.54, 1.807) is 0 Å². The van der Waals surface area contributed by atoms with Gasteiger partial charge in [0.2, 0.25) is 0 Å². The summed E-state index contributed by atoms with van der Waals surface area (Å²) < 4.78 is 87.1. The standard InChI is InChI=1S/C20H6F6N4O2/c1-29-18(30-2)10-5-14-15(6-10)17(32-20(24,25)26)13-4-9(11(7-27)8-28)3-12(13)16(14)31-19(21,22)23/h3,6H,4-5H2. The van der Waals surface area contributed by atoms with Crippen molar-refractivity contribution in [1.82, 2.24) is 0 Å². The molecule has 0 aromatic heterocycles. The van der Waals surface area contributed by atoms with Gasteiger partial charge in [-0.1, -0.05) is 0 Å². The second-order valence-corrected chi connectivity index (χ2v) is 6.38. The third-order valence-electron chi connectivity index (χ3n) is 4.54. The highest BCUT2D eigenvalue weighted by Gasteiger charge is 2.40. The zero-order valence-corrected chi connectivity index (χ0v) is 15.4. The summed E-state index contributed by atoms with van der Waals surface area (Å²) in [7, 11) is 0. The molecule has 0 fully saturated rings. The summed E-state index contributed by atoms with van der Waals surface area (Å²) in [4.78, 5) is 5.89. The van der Waals surface area contributed by atoms with Crippen molar-refractivity contribution >= 4 is 12.2 Å². The zero-order valence-electron chi connectivity index (χ0n) is 15.4. The topological polar surface area (TPSA) is 74.8 Å². The molecule has 0 heterocycles. The molecule has 0 saturated heterocycles. The summed E-state index contributed by atoms with van der Waals surface area (Å²) in [6, 6.07) is 3.08. The molecule has 0 atom stereocenters. The largest absolute Gasteiger partial charge is 0.573 e. The number of fused-ring (bicyclic) bond motifs is 2. The number of benzene rings is 1. The van der Waals surface area contributed by atoms with E-state index in [0.717, 1.165) is 12.2 Å². The minimum absolute atomic E-state index is 0.0989. The fraction of sp³-hybridized carbons (Fsp3) is 0.200. The molecular weight excluding hydrogens is 442 g/mol. The third kappa shape index (κ3) is 4.08. The Balaban J connectivity index is 2.47. The second-order valence-electron chi connectivity index (χ2n) is 6.38. The van der Waals surface area contributed by atoms with Crippen molar-refractivity contribution in [2.45, 2.75) is 25.6 Å². The molecule has 160 valence electrons. The van der Waals surface area contributed by atoms with Gasteiger partial charge < -0.3 is 9.47 Å². The molecule has 0 aliphatic heterocycles. The van der Waals surface area contributed by atoms with Crippen LogP contribution < -0.4 is 19.9 Å². The number of halogens is 6. The van der Waals surface area contributed by atoms with Crippen LogP contribution in [0.1, 0.15) is 11.1 Å². The molecule has 12 heteroatoms. The van der Waals surface area contributed by atoms with Gasteiger partial charge in [-0.15, -0.1) is 26.3 Å². The van der Waals surface area contributed by atoms with Crippen molar-refractivity contribution in [3.63, 3.8) is 0 Å². The second kappa shape index (κ2) is 7.68. The Hall–Kier alpha value is -4.42. The van der Waals surface area contributed by atoms with Crippen LogP contribution in [0.3, 0.4) is 0 Å². The van der Waals surface area contributed by atoms with Crippen molar-refractivity contribution in [1.29, 1.82) is 10.5 Å². The number of alkyl halides is 6. The summed E-state index contributed by atoms with van der Waals surface area (Å²) in [6.45, 7) is 14.0. The third-order valence-corrected chi connectivity index (χ3v) is 4.54. The van der Waals surface area contributed by atoms with Gasteiger partial charge in [0, 0.05) is 34.4 Å². The smallest absolute Gasteiger partial charge is 0.405 e. The van der Waals surface area contributed by atoms with Crippen molar-refractivity contribution in [2.24, 2.45) is 0 Å². The van der Waals surface area contributed by atoms with Gasteiger partial charge in [-0.3, -0.25) is 0 Å². The van der Waals surface area contributed by atoms with Crippen LogP contribution >= 0.6 is 0 Å². The Kier molecular flexibility index (Phi) is 5.35. The molecule has 0 spiro atoms. The quantitative estimate of drug-likeness (QED) is 0.394. The molecule has 6 nitrogen and oxygen atoms in total. The molecule has 0 bridgehead atoms. The Bertz CT molecular complexity index is 1250. The van der Waals surface area contributed by atoms with E-state index in [1.165, 1.54) is 12.1 Å². The first-order chi connectivity index (χ1) is 14.9. The number of nitriles is 2. The molecule has 3 rings (SSSR count). The molecule has 1 aromatic rings. The first kappa shape index (κ1) is 22.3. The van der Waals surface area contributed by atoms with Gasteiger partial charge in [0.1, 0.15) is 42.4 Å². The van der Waals surface area contributed by atoms with Gasteiger partial charge in [0.25, 0.3) is 0 Å². The van der Waals surface area contributed by atoms with Crippen LogP contribution in [0, 0.1) is 35.8 Å². The highest BCUT2D eigenvalue weighted by molar-refractivity contribution is 5.74. The Morgan fingerprint density at radius 2 is 1.22 bits per heavy atom. The van der Waals surface area contributed by atoms with Crippen LogP contribution in [0.5, 0.6) is 11.5 Å². The molecule has 1 aromatic carbocycles. The molecule has 32 heavy (non-hydrogen) atoms. The Labute approximate surface area is 175 Å². The van der Waals surface area contributed by atoms with Crippen LogP contribution in [0.2, 0.25) is 0 Å². The van der Waals surface area contributed by atoms with Crippen LogP contribution in [-0.2, 0) is 12.8 Å². The maximum Gasteiger partial charge on any atom is 0.573 e. The molecule has 2 aliphatic rings. The van der Waals surface area contributed by atoms with Gasteiger partial charge in [0.15, 0.2) is 0 Å². The van der Waals surface area contributed by atoms with Gasteiger partial charge >= 0.3 is 18.5 Å². The van der Waals surface area contributed by atoms with Crippen molar-refractivity contribution in [2.75, 3.05) is 0 Å². The summed E-state index contributed by atoms with van der Waals surface area (Å²) in [5.74, 6) is -2.22. The van der Waals surface area contributed by atoms with E-state index in [4.69, 9.17) is 23.7 Å². The normalized spacial score (nSPS) is 13.9. The first-order valence-corrected chi connectivity index (χ1v) is 8.36. The van der Waals surface area contributed by atoms with E-state index in [2.05, 4.69) is 19.2 Å². The lowest BCUT2D eigenvalue weighted by Gasteiger charge is -2.18. The SMILES string of the molecule is [C-]#[N+]C([N+]#[C-])=C1C=c2c(c(OC(F)(F)F)c3c(c2OC(F)(F)F)CC(=C(C#N)C#N)C=3)C1. The maximum absolute atomic E-state index is 13.1. The first-order valence-electron chi connectivity index (χ1n) is 8.36. The lowest BCUT2D eigenvalue weighted by Crippen LogP contribution is -2.30. The highest BCUT2D eigenvalue weighted by atomic mass is 19.4. The molecular formula is C20H6F6N4O2.